The van der Waals surface area contributed by atoms with Crippen molar-refractivity contribution in [3.63, 3.8) is 0 Å². The zero-order valence-corrected chi connectivity index (χ0v) is 8.83. The van der Waals surface area contributed by atoms with Crippen LogP contribution in [0.4, 0.5) is 0 Å². The molecule has 0 aromatic carbocycles. The molecule has 0 spiro atoms. The van der Waals surface area contributed by atoms with Gasteiger partial charge in [-0.15, -0.1) is 0 Å². The van der Waals surface area contributed by atoms with Gasteiger partial charge in [0.15, 0.2) is 0 Å². The molecule has 0 aromatic rings. The number of likely N-dealkylation sites (N-methyl/N-ethyl adjacent to an activating group) is 1. The van der Waals surface area contributed by atoms with Crippen LogP contribution in [0.3, 0.4) is 0 Å². The summed E-state index contributed by atoms with van der Waals surface area (Å²) in [6, 6.07) is 0. The first-order valence-corrected chi connectivity index (χ1v) is 4.36. The van der Waals surface area contributed by atoms with E-state index in [-0.39, 0.29) is 0 Å². The number of ether oxygens (including phenoxy) is 1. The molecule has 0 fully saturated rings. The fraction of sp³-hybridized carbons (Fsp3) is 0.889. The van der Waals surface area contributed by atoms with Crippen molar-refractivity contribution in [2.75, 3.05) is 27.3 Å². The molecule has 4 heteroatoms. The summed E-state index contributed by atoms with van der Waals surface area (Å²) in [6.07, 6.45) is 0.851. The maximum Gasteiger partial charge on any atom is 0.323 e. The van der Waals surface area contributed by atoms with Crippen LogP contribution in [0.15, 0.2) is 0 Å². The Hall–Kier alpha value is -0.610. The van der Waals surface area contributed by atoms with E-state index in [1.54, 1.807) is 21.0 Å². The Bertz CT molecular complexity index is 168. The largest absolute Gasteiger partial charge is 0.480 e. The van der Waals surface area contributed by atoms with Gasteiger partial charge in [0.1, 0.15) is 5.54 Å². The van der Waals surface area contributed by atoms with E-state index in [4.69, 9.17) is 9.84 Å². The van der Waals surface area contributed by atoms with E-state index in [1.165, 1.54) is 0 Å². The molecule has 0 unspecified atom stereocenters. The second-order valence-electron chi connectivity index (χ2n) is 3.63. The van der Waals surface area contributed by atoms with Gasteiger partial charge in [0.05, 0.1) is 0 Å². The molecule has 1 N–H and O–H groups in total. The van der Waals surface area contributed by atoms with Crippen molar-refractivity contribution in [1.82, 2.24) is 4.90 Å². The molecular formula is C9H19NO3. The standard InChI is InChI=1S/C9H19NO3/c1-9(2,8(11)12)10(3)6-5-7-13-4/h5-7H2,1-4H3,(H,11,12). The highest BCUT2D eigenvalue weighted by molar-refractivity contribution is 5.77. The number of carboxylic acid groups (broad SMARTS) is 1. The molecule has 0 bridgehead atoms. The fourth-order valence-corrected chi connectivity index (χ4v) is 0.889. The van der Waals surface area contributed by atoms with Crippen LogP contribution in [0.1, 0.15) is 20.3 Å². The zero-order valence-electron chi connectivity index (χ0n) is 8.83. The van der Waals surface area contributed by atoms with Gasteiger partial charge in [-0.25, -0.2) is 0 Å². The number of carboxylic acids is 1. The minimum absolute atomic E-state index is 0.667. The van der Waals surface area contributed by atoms with E-state index in [1.807, 2.05) is 11.9 Å². The summed E-state index contributed by atoms with van der Waals surface area (Å²) < 4.78 is 4.89. The van der Waals surface area contributed by atoms with E-state index in [2.05, 4.69) is 0 Å². The van der Waals surface area contributed by atoms with Crippen LogP contribution in [-0.2, 0) is 9.53 Å². The first-order valence-electron chi connectivity index (χ1n) is 4.36. The van der Waals surface area contributed by atoms with Gasteiger partial charge in [0.25, 0.3) is 0 Å². The van der Waals surface area contributed by atoms with Crippen LogP contribution >= 0.6 is 0 Å². The van der Waals surface area contributed by atoms with Gasteiger partial charge in [0, 0.05) is 20.3 Å². The Labute approximate surface area is 79.5 Å². The highest BCUT2D eigenvalue weighted by Gasteiger charge is 2.31. The summed E-state index contributed by atoms with van der Waals surface area (Å²) in [5, 5.41) is 8.90. The predicted octanol–water partition coefficient (Wildman–Crippen LogP) is 0.818. The maximum absolute atomic E-state index is 10.8. The molecule has 0 aliphatic heterocycles. The number of hydrogen-bond donors (Lipinski definition) is 1. The van der Waals surface area contributed by atoms with Gasteiger partial charge in [-0.3, -0.25) is 9.69 Å². The van der Waals surface area contributed by atoms with Crippen LogP contribution in [0.2, 0.25) is 0 Å². The maximum atomic E-state index is 10.8. The molecule has 78 valence electrons. The lowest BCUT2D eigenvalue weighted by Crippen LogP contribution is -2.48. The molecule has 0 amide bonds. The summed E-state index contributed by atoms with van der Waals surface area (Å²) in [4.78, 5) is 12.6. The lowest BCUT2D eigenvalue weighted by molar-refractivity contribution is -0.148. The van der Waals surface area contributed by atoms with Crippen LogP contribution < -0.4 is 0 Å². The fourth-order valence-electron chi connectivity index (χ4n) is 0.889. The quantitative estimate of drug-likeness (QED) is 0.628. The Morgan fingerprint density at radius 1 is 1.54 bits per heavy atom. The lowest BCUT2D eigenvalue weighted by atomic mass is 10.0. The Morgan fingerprint density at radius 2 is 2.08 bits per heavy atom. The number of hydrogen-bond acceptors (Lipinski definition) is 3. The van der Waals surface area contributed by atoms with Crippen molar-refractivity contribution in [3.8, 4) is 0 Å². The molecule has 13 heavy (non-hydrogen) atoms. The van der Waals surface area contributed by atoms with Crippen molar-refractivity contribution in [3.05, 3.63) is 0 Å². The Balaban J connectivity index is 3.94. The van der Waals surface area contributed by atoms with Gasteiger partial charge in [-0.1, -0.05) is 0 Å². The average molecular weight is 189 g/mol. The zero-order chi connectivity index (χ0) is 10.5. The predicted molar refractivity (Wildman–Crippen MR) is 50.8 cm³/mol. The third-order valence-corrected chi connectivity index (χ3v) is 2.32. The molecule has 0 aromatic heterocycles. The molecule has 0 radical (unpaired) electrons. The number of nitrogens with zero attached hydrogens (tertiary/aromatic N) is 1. The molecule has 0 saturated carbocycles. The molecule has 0 saturated heterocycles. The number of rotatable bonds is 6. The molecule has 0 rings (SSSR count). The van der Waals surface area contributed by atoms with Crippen LogP contribution in [0.5, 0.6) is 0 Å². The third kappa shape index (κ3) is 3.74. The van der Waals surface area contributed by atoms with Crippen molar-refractivity contribution in [2.24, 2.45) is 0 Å². The van der Waals surface area contributed by atoms with Crippen molar-refractivity contribution >= 4 is 5.97 Å². The molecule has 4 nitrogen and oxygen atoms in total. The highest BCUT2D eigenvalue weighted by Crippen LogP contribution is 2.12. The number of methoxy groups -OCH3 is 1. The summed E-state index contributed by atoms with van der Waals surface area (Å²) in [5.74, 6) is -0.799. The first kappa shape index (κ1) is 12.4. The topological polar surface area (TPSA) is 49.8 Å². The second-order valence-corrected chi connectivity index (χ2v) is 3.63. The monoisotopic (exact) mass is 189 g/mol. The van der Waals surface area contributed by atoms with Crippen LogP contribution in [-0.4, -0.2) is 48.8 Å². The molecule has 0 heterocycles. The smallest absolute Gasteiger partial charge is 0.323 e. The van der Waals surface area contributed by atoms with E-state index >= 15 is 0 Å². The summed E-state index contributed by atoms with van der Waals surface area (Å²) in [7, 11) is 3.45. The van der Waals surface area contributed by atoms with Crippen molar-refractivity contribution < 1.29 is 14.6 Å². The van der Waals surface area contributed by atoms with Gasteiger partial charge >= 0.3 is 5.97 Å². The lowest BCUT2D eigenvalue weighted by Gasteiger charge is -2.31. The van der Waals surface area contributed by atoms with Gasteiger partial charge in [-0.2, -0.15) is 0 Å². The minimum atomic E-state index is -0.799. The Kier molecular flexibility index (Phi) is 4.95. The van der Waals surface area contributed by atoms with Crippen LogP contribution in [0, 0.1) is 0 Å². The van der Waals surface area contributed by atoms with Gasteiger partial charge in [-0.05, 0) is 27.3 Å². The van der Waals surface area contributed by atoms with Crippen molar-refractivity contribution in [2.45, 2.75) is 25.8 Å². The van der Waals surface area contributed by atoms with E-state index in [0.717, 1.165) is 13.0 Å². The van der Waals surface area contributed by atoms with Crippen LogP contribution in [0.25, 0.3) is 0 Å². The minimum Gasteiger partial charge on any atom is -0.480 e. The van der Waals surface area contributed by atoms with Gasteiger partial charge < -0.3 is 9.84 Å². The van der Waals surface area contributed by atoms with Crippen molar-refractivity contribution in [1.29, 1.82) is 0 Å². The number of aliphatic carboxylic acids is 1. The first-order chi connectivity index (χ1) is 5.92. The van der Waals surface area contributed by atoms with Gasteiger partial charge in [0.2, 0.25) is 0 Å². The van der Waals surface area contributed by atoms with E-state index < -0.39 is 11.5 Å². The summed E-state index contributed by atoms with van der Waals surface area (Å²) >= 11 is 0. The molecule has 0 aliphatic rings. The Morgan fingerprint density at radius 3 is 2.46 bits per heavy atom. The van der Waals surface area contributed by atoms with E-state index in [0.29, 0.717) is 6.61 Å². The second kappa shape index (κ2) is 5.19. The molecule has 0 aliphatic carbocycles. The summed E-state index contributed by atoms with van der Waals surface area (Å²) in [5.41, 5.74) is -0.798. The summed E-state index contributed by atoms with van der Waals surface area (Å²) in [6.45, 7) is 4.79. The molecular weight excluding hydrogens is 170 g/mol. The van der Waals surface area contributed by atoms with E-state index in [9.17, 15) is 4.79 Å². The number of carbonyl (C=O) groups is 1. The highest BCUT2D eigenvalue weighted by atomic mass is 16.5. The third-order valence-electron chi connectivity index (χ3n) is 2.32. The molecule has 0 atom stereocenters. The normalized spacial score (nSPS) is 12.1. The average Bonchev–Trinajstić information content (AvgIpc) is 2.04. The SMILES string of the molecule is COCCCN(C)C(C)(C)C(=O)O.